The van der Waals surface area contributed by atoms with Crippen LogP contribution < -0.4 is 9.47 Å². The summed E-state index contributed by atoms with van der Waals surface area (Å²) in [5, 5.41) is 105. The molecule has 0 fully saturated rings. The molecular weight excluding hydrogens is 552 g/mol. The second kappa shape index (κ2) is 9.72. The summed E-state index contributed by atoms with van der Waals surface area (Å²) in [4.78, 5) is 0. The van der Waals surface area contributed by atoms with Crippen LogP contribution in [0, 0.1) is 0 Å². The molecule has 12 heteroatoms. The van der Waals surface area contributed by atoms with Crippen molar-refractivity contribution in [1.29, 1.82) is 0 Å². The first-order valence-electron chi connectivity index (χ1n) is 12.8. The van der Waals surface area contributed by atoms with E-state index >= 15 is 0 Å². The molecule has 0 aliphatic carbocycles. The van der Waals surface area contributed by atoms with E-state index < -0.39 is 53.2 Å². The molecule has 0 unspecified atom stereocenters. The van der Waals surface area contributed by atoms with Gasteiger partial charge < -0.3 is 60.5 Å². The van der Waals surface area contributed by atoms with Crippen molar-refractivity contribution in [3.05, 3.63) is 70.8 Å². The number of fused-ring (bicyclic) bond motifs is 2. The molecule has 4 atom stereocenters. The minimum atomic E-state index is -1.30. The van der Waals surface area contributed by atoms with Crippen molar-refractivity contribution in [3.63, 3.8) is 0 Å². The van der Waals surface area contributed by atoms with E-state index in [9.17, 15) is 51.1 Å². The first-order valence-corrected chi connectivity index (χ1v) is 12.8. The molecule has 0 aromatic heterocycles. The molecule has 218 valence electrons. The number of aromatic hydroxyl groups is 8. The Bertz CT molecular complexity index is 1730. The third-order valence-electron chi connectivity index (χ3n) is 7.58. The van der Waals surface area contributed by atoms with Crippen LogP contribution in [0.4, 0.5) is 0 Å². The van der Waals surface area contributed by atoms with Gasteiger partial charge in [-0.2, -0.15) is 0 Å². The highest BCUT2D eigenvalue weighted by Crippen LogP contribution is 2.54. The predicted molar refractivity (Wildman–Crippen MR) is 144 cm³/mol. The first kappa shape index (κ1) is 27.0. The van der Waals surface area contributed by atoms with E-state index in [2.05, 4.69) is 0 Å². The Morgan fingerprint density at radius 1 is 0.548 bits per heavy atom. The molecule has 2 aliphatic rings. The lowest BCUT2D eigenvalue weighted by Crippen LogP contribution is -2.31. The van der Waals surface area contributed by atoms with Gasteiger partial charge in [0.1, 0.15) is 40.6 Å². The summed E-state index contributed by atoms with van der Waals surface area (Å²) in [5.74, 6) is -3.54. The number of hydrogen-bond acceptors (Lipinski definition) is 12. The molecule has 10 N–H and O–H groups in total. The summed E-state index contributed by atoms with van der Waals surface area (Å²) in [6.07, 6.45) is -5.18. The average Bonchev–Trinajstić information content (AvgIpc) is 2.92. The number of hydrogen-bond donors (Lipinski definition) is 10. The zero-order valence-electron chi connectivity index (χ0n) is 21.6. The first-order chi connectivity index (χ1) is 19.9. The number of aliphatic hydroxyl groups is 2. The van der Waals surface area contributed by atoms with E-state index in [0.717, 1.165) is 24.3 Å². The molecule has 0 bridgehead atoms. The maximum atomic E-state index is 11.1. The fraction of sp³-hybridized carbons (Fsp3) is 0.200. The SMILES string of the molecule is Oc1cc(O)c2c(c1)O[C@H](c1cc(O)c(O)cc1-c1c(O)cc(O)c3c1O[C@H](c1ccc(O)c(O)c1)[C@@H](O)C3)[C@H](O)C2. The highest BCUT2D eigenvalue weighted by Gasteiger charge is 2.39. The quantitative estimate of drug-likeness (QED) is 0.159. The molecule has 0 spiro atoms. The van der Waals surface area contributed by atoms with Crippen LogP contribution in [0.15, 0.2) is 48.5 Å². The molecule has 42 heavy (non-hydrogen) atoms. The van der Waals surface area contributed by atoms with Crippen molar-refractivity contribution >= 4 is 0 Å². The Kier molecular flexibility index (Phi) is 6.24. The lowest BCUT2D eigenvalue weighted by atomic mass is 9.85. The van der Waals surface area contributed by atoms with Crippen LogP contribution in [0.5, 0.6) is 57.5 Å². The van der Waals surface area contributed by atoms with E-state index in [0.29, 0.717) is 0 Å². The largest absolute Gasteiger partial charge is 0.508 e. The maximum absolute atomic E-state index is 11.1. The normalized spacial score (nSPS) is 21.1. The average molecular weight is 579 g/mol. The maximum Gasteiger partial charge on any atom is 0.158 e. The molecule has 6 rings (SSSR count). The second-order valence-corrected chi connectivity index (χ2v) is 10.3. The molecule has 12 nitrogen and oxygen atoms in total. The third-order valence-corrected chi connectivity index (χ3v) is 7.58. The number of benzene rings is 4. The number of aliphatic hydroxyl groups excluding tert-OH is 2. The molecule has 4 aromatic rings. The number of rotatable bonds is 3. The van der Waals surface area contributed by atoms with Gasteiger partial charge in [0.25, 0.3) is 0 Å². The Balaban J connectivity index is 1.52. The Labute approximate surface area is 237 Å². The van der Waals surface area contributed by atoms with Gasteiger partial charge in [0.05, 0.1) is 17.8 Å². The smallest absolute Gasteiger partial charge is 0.158 e. The van der Waals surface area contributed by atoms with Crippen LogP contribution in [0.2, 0.25) is 0 Å². The molecule has 2 aliphatic heterocycles. The van der Waals surface area contributed by atoms with Crippen LogP contribution in [0.25, 0.3) is 11.1 Å². The standard InChI is InChI=1S/C30H26O12/c31-12-4-18(33)15-8-25(40)29(41-26(15)5-12)14-7-22(37)21(36)6-13(14)27-23(38)10-19(34)16-9-24(39)28(42-30(16)27)11-1-2-17(32)20(35)3-11/h1-7,10,24-25,28-29,31-40H,8-9H2/t24-,25+,28+,29+/m0/s1. The lowest BCUT2D eigenvalue weighted by Gasteiger charge is -2.35. The molecule has 2 heterocycles. The Hall–Kier alpha value is -5.20. The summed E-state index contributed by atoms with van der Waals surface area (Å²) in [6.45, 7) is 0. The summed E-state index contributed by atoms with van der Waals surface area (Å²) in [7, 11) is 0. The highest BCUT2D eigenvalue weighted by molar-refractivity contribution is 5.84. The van der Waals surface area contributed by atoms with E-state index in [1.807, 2.05) is 0 Å². The van der Waals surface area contributed by atoms with Crippen LogP contribution >= 0.6 is 0 Å². The minimum Gasteiger partial charge on any atom is -0.508 e. The van der Waals surface area contributed by atoms with Crippen molar-refractivity contribution < 1.29 is 60.5 Å². The lowest BCUT2D eigenvalue weighted by molar-refractivity contribution is 0.0189. The monoisotopic (exact) mass is 578 g/mol. The van der Waals surface area contributed by atoms with Gasteiger partial charge in [-0.05, 0) is 29.8 Å². The van der Waals surface area contributed by atoms with Gasteiger partial charge in [0.15, 0.2) is 29.1 Å². The molecular formula is C30H26O12. The van der Waals surface area contributed by atoms with E-state index in [1.54, 1.807) is 0 Å². The van der Waals surface area contributed by atoms with Gasteiger partial charge in [-0.3, -0.25) is 0 Å². The fourth-order valence-corrected chi connectivity index (χ4v) is 5.56. The van der Waals surface area contributed by atoms with Crippen molar-refractivity contribution in [2.45, 2.75) is 37.3 Å². The van der Waals surface area contributed by atoms with E-state index in [-0.39, 0.29) is 75.0 Å². The topological polar surface area (TPSA) is 221 Å². The third kappa shape index (κ3) is 4.33. The molecule has 0 saturated carbocycles. The van der Waals surface area contributed by atoms with Crippen molar-refractivity contribution in [1.82, 2.24) is 0 Å². The summed E-state index contributed by atoms with van der Waals surface area (Å²) in [6, 6.07) is 9.43. The zero-order valence-corrected chi connectivity index (χ0v) is 21.6. The van der Waals surface area contributed by atoms with E-state index in [4.69, 9.17) is 9.47 Å². The highest BCUT2D eigenvalue weighted by atomic mass is 16.5. The van der Waals surface area contributed by atoms with Gasteiger partial charge in [0.2, 0.25) is 0 Å². The summed E-state index contributed by atoms with van der Waals surface area (Å²) < 4.78 is 12.1. The Morgan fingerprint density at radius 2 is 1.19 bits per heavy atom. The number of phenols is 8. The van der Waals surface area contributed by atoms with Crippen molar-refractivity contribution in [2.24, 2.45) is 0 Å². The van der Waals surface area contributed by atoms with Gasteiger partial charge in [0, 0.05) is 53.3 Å². The molecule has 0 amide bonds. The second-order valence-electron chi connectivity index (χ2n) is 10.3. The zero-order chi connectivity index (χ0) is 30.0. The minimum absolute atomic E-state index is 0.0274. The molecule has 0 radical (unpaired) electrons. The van der Waals surface area contributed by atoms with Gasteiger partial charge in [-0.25, -0.2) is 0 Å². The summed E-state index contributed by atoms with van der Waals surface area (Å²) >= 11 is 0. The number of phenolic OH excluding ortho intramolecular Hbond substituents is 8. The van der Waals surface area contributed by atoms with Gasteiger partial charge in [-0.1, -0.05) is 6.07 Å². The summed E-state index contributed by atoms with van der Waals surface area (Å²) in [5.41, 5.74) is 0.644. The van der Waals surface area contributed by atoms with Crippen LogP contribution in [-0.4, -0.2) is 63.3 Å². The molecule has 4 aromatic carbocycles. The number of ether oxygens (including phenoxy) is 2. The van der Waals surface area contributed by atoms with Crippen molar-refractivity contribution in [2.75, 3.05) is 0 Å². The fourth-order valence-electron chi connectivity index (χ4n) is 5.56. The van der Waals surface area contributed by atoms with E-state index in [1.165, 1.54) is 24.3 Å². The van der Waals surface area contributed by atoms with Crippen molar-refractivity contribution in [3.8, 4) is 68.6 Å². The Morgan fingerprint density at radius 3 is 1.93 bits per heavy atom. The van der Waals surface area contributed by atoms with Crippen LogP contribution in [0.3, 0.4) is 0 Å². The van der Waals surface area contributed by atoms with Crippen LogP contribution in [0.1, 0.15) is 34.5 Å². The van der Waals surface area contributed by atoms with Gasteiger partial charge in [-0.15, -0.1) is 0 Å². The van der Waals surface area contributed by atoms with Gasteiger partial charge >= 0.3 is 0 Å². The van der Waals surface area contributed by atoms with Crippen LogP contribution in [-0.2, 0) is 12.8 Å². The predicted octanol–water partition coefficient (Wildman–Crippen LogP) is 3.07. The molecule has 0 saturated heterocycles.